The summed E-state index contributed by atoms with van der Waals surface area (Å²) in [5, 5.41) is 1.29. The van der Waals surface area contributed by atoms with Crippen LogP contribution < -0.4 is 0 Å². The minimum atomic E-state index is -0.135. The second kappa shape index (κ2) is 5.23. The van der Waals surface area contributed by atoms with Crippen LogP contribution in [0.2, 0.25) is 5.15 Å². The lowest BCUT2D eigenvalue weighted by Gasteiger charge is -2.12. The molecule has 0 N–H and O–H groups in total. The van der Waals surface area contributed by atoms with E-state index in [1.807, 2.05) is 0 Å². The summed E-state index contributed by atoms with van der Waals surface area (Å²) in [5.41, 5.74) is 0.106. The summed E-state index contributed by atoms with van der Waals surface area (Å²) in [7, 11) is 1.43. The van der Waals surface area contributed by atoms with Gasteiger partial charge in [-0.05, 0) is 18.3 Å². The van der Waals surface area contributed by atoms with Crippen LogP contribution in [0.1, 0.15) is 19.3 Å². The fourth-order valence-corrected chi connectivity index (χ4v) is 2.92. The Morgan fingerprint density at radius 3 is 2.94 bits per heavy atom. The summed E-state index contributed by atoms with van der Waals surface area (Å²) in [5.74, 6) is 0.735. The molecule has 0 saturated heterocycles. The molecule has 0 aromatic carbocycles. The van der Waals surface area contributed by atoms with Crippen LogP contribution in [-0.4, -0.2) is 28.8 Å². The molecule has 1 heterocycles. The number of nitrogens with zero attached hydrogens (tertiary/aromatic N) is 2. The largest absolute Gasteiger partial charge is 0.469 e. The number of thioether (sulfide) groups is 1. The SMILES string of the molecule is COC(=O)CC1(CSc2cc(Cl)ncn2)CC1. The minimum absolute atomic E-state index is 0.106. The maximum atomic E-state index is 11.3. The summed E-state index contributed by atoms with van der Waals surface area (Å²) in [6.07, 6.45) is 4.10. The highest BCUT2D eigenvalue weighted by Gasteiger charge is 2.44. The van der Waals surface area contributed by atoms with E-state index in [-0.39, 0.29) is 11.4 Å². The fraction of sp³-hybridized carbons (Fsp3) is 0.545. The summed E-state index contributed by atoms with van der Waals surface area (Å²) >= 11 is 7.39. The van der Waals surface area contributed by atoms with Crippen LogP contribution in [0.5, 0.6) is 0 Å². The molecule has 0 atom stereocenters. The molecule has 0 aliphatic heterocycles. The Kier molecular flexibility index (Phi) is 3.89. The van der Waals surface area contributed by atoms with E-state index >= 15 is 0 Å². The molecular weight excluding hydrogens is 260 g/mol. The van der Waals surface area contributed by atoms with Crippen molar-refractivity contribution >= 4 is 29.3 Å². The molecule has 0 bridgehead atoms. The second-order valence-corrected chi connectivity index (χ2v) is 5.60. The van der Waals surface area contributed by atoms with Gasteiger partial charge in [0.1, 0.15) is 16.5 Å². The molecule has 1 aliphatic rings. The second-order valence-electron chi connectivity index (χ2n) is 4.22. The van der Waals surface area contributed by atoms with Crippen LogP contribution in [-0.2, 0) is 9.53 Å². The summed E-state index contributed by atoms with van der Waals surface area (Å²) in [4.78, 5) is 19.2. The zero-order valence-electron chi connectivity index (χ0n) is 9.48. The number of rotatable bonds is 5. The third kappa shape index (κ3) is 3.57. The van der Waals surface area contributed by atoms with Gasteiger partial charge in [0.15, 0.2) is 0 Å². The third-order valence-corrected chi connectivity index (χ3v) is 4.32. The lowest BCUT2D eigenvalue weighted by Crippen LogP contribution is -2.13. The van der Waals surface area contributed by atoms with Crippen molar-refractivity contribution < 1.29 is 9.53 Å². The van der Waals surface area contributed by atoms with Gasteiger partial charge in [-0.3, -0.25) is 4.79 Å². The number of ether oxygens (including phenoxy) is 1. The summed E-state index contributed by atoms with van der Waals surface area (Å²) in [6, 6.07) is 1.74. The molecular formula is C11H13ClN2O2S. The molecule has 0 radical (unpaired) electrons. The van der Waals surface area contributed by atoms with Crippen molar-refractivity contribution in [3.63, 3.8) is 0 Å². The van der Waals surface area contributed by atoms with Gasteiger partial charge in [-0.25, -0.2) is 9.97 Å². The zero-order valence-corrected chi connectivity index (χ0v) is 11.1. The van der Waals surface area contributed by atoms with E-state index in [9.17, 15) is 4.79 Å². The molecule has 92 valence electrons. The molecule has 1 fully saturated rings. The van der Waals surface area contributed by atoms with E-state index in [0.717, 1.165) is 23.6 Å². The summed E-state index contributed by atoms with van der Waals surface area (Å²) in [6.45, 7) is 0. The van der Waals surface area contributed by atoms with Gasteiger partial charge in [-0.2, -0.15) is 0 Å². The maximum absolute atomic E-state index is 11.3. The van der Waals surface area contributed by atoms with Gasteiger partial charge in [0, 0.05) is 11.8 Å². The van der Waals surface area contributed by atoms with Gasteiger partial charge in [-0.1, -0.05) is 11.6 Å². The number of methoxy groups -OCH3 is 1. The topological polar surface area (TPSA) is 52.1 Å². The normalized spacial score (nSPS) is 16.6. The number of carbonyl (C=O) groups is 1. The molecule has 0 spiro atoms. The highest BCUT2D eigenvalue weighted by Crippen LogP contribution is 2.51. The zero-order chi connectivity index (χ0) is 12.3. The Labute approximate surface area is 109 Å². The Morgan fingerprint density at radius 2 is 2.35 bits per heavy atom. The van der Waals surface area contributed by atoms with Crippen LogP contribution in [0.25, 0.3) is 0 Å². The number of aromatic nitrogens is 2. The van der Waals surface area contributed by atoms with Gasteiger partial charge < -0.3 is 4.74 Å². The minimum Gasteiger partial charge on any atom is -0.469 e. The predicted molar refractivity (Wildman–Crippen MR) is 66.1 cm³/mol. The van der Waals surface area contributed by atoms with E-state index in [1.165, 1.54) is 13.4 Å². The number of halogens is 1. The average Bonchev–Trinajstić information content (AvgIpc) is 3.07. The van der Waals surface area contributed by atoms with E-state index < -0.39 is 0 Å². The van der Waals surface area contributed by atoms with Gasteiger partial charge in [0.05, 0.1) is 13.5 Å². The van der Waals surface area contributed by atoms with Crippen molar-refractivity contribution in [2.75, 3.05) is 12.9 Å². The van der Waals surface area contributed by atoms with Crippen molar-refractivity contribution in [2.45, 2.75) is 24.3 Å². The molecule has 0 amide bonds. The molecule has 4 nitrogen and oxygen atoms in total. The van der Waals surface area contributed by atoms with Gasteiger partial charge in [0.25, 0.3) is 0 Å². The Hall–Kier alpha value is -0.810. The van der Waals surface area contributed by atoms with E-state index in [1.54, 1.807) is 17.8 Å². The first-order valence-corrected chi connectivity index (χ1v) is 6.67. The first-order valence-electron chi connectivity index (χ1n) is 5.31. The number of hydrogen-bond acceptors (Lipinski definition) is 5. The molecule has 1 aliphatic carbocycles. The van der Waals surface area contributed by atoms with Crippen LogP contribution >= 0.6 is 23.4 Å². The van der Waals surface area contributed by atoms with E-state index in [2.05, 4.69) is 9.97 Å². The molecule has 0 unspecified atom stereocenters. The van der Waals surface area contributed by atoms with Crippen molar-refractivity contribution in [2.24, 2.45) is 5.41 Å². The molecule has 17 heavy (non-hydrogen) atoms. The molecule has 1 aromatic rings. The maximum Gasteiger partial charge on any atom is 0.306 e. The van der Waals surface area contributed by atoms with Crippen LogP contribution in [0.3, 0.4) is 0 Å². The average molecular weight is 273 g/mol. The smallest absolute Gasteiger partial charge is 0.306 e. The third-order valence-electron chi connectivity index (χ3n) is 2.84. The van der Waals surface area contributed by atoms with E-state index in [4.69, 9.17) is 16.3 Å². The highest BCUT2D eigenvalue weighted by molar-refractivity contribution is 7.99. The lowest BCUT2D eigenvalue weighted by atomic mass is 10.1. The number of carbonyl (C=O) groups excluding carboxylic acids is 1. The van der Waals surface area contributed by atoms with Crippen LogP contribution in [0.15, 0.2) is 17.4 Å². The molecule has 1 aromatic heterocycles. The summed E-state index contributed by atoms with van der Waals surface area (Å²) < 4.78 is 4.70. The quantitative estimate of drug-likeness (QED) is 0.468. The van der Waals surface area contributed by atoms with Crippen molar-refractivity contribution in [1.82, 2.24) is 9.97 Å². The molecule has 1 saturated carbocycles. The standard InChI is InChI=1S/C11H13ClN2O2S/c1-16-10(15)5-11(2-3-11)6-17-9-4-8(12)13-7-14-9/h4,7H,2-3,5-6H2,1H3. The van der Waals surface area contributed by atoms with Crippen molar-refractivity contribution in [1.29, 1.82) is 0 Å². The predicted octanol–water partition coefficient (Wildman–Crippen LogP) is 2.57. The molecule has 2 rings (SSSR count). The van der Waals surface area contributed by atoms with Gasteiger partial charge in [0.2, 0.25) is 0 Å². The molecule has 6 heteroatoms. The first-order chi connectivity index (χ1) is 8.13. The number of hydrogen-bond donors (Lipinski definition) is 0. The lowest BCUT2D eigenvalue weighted by molar-refractivity contribution is -0.141. The Morgan fingerprint density at radius 1 is 1.59 bits per heavy atom. The highest BCUT2D eigenvalue weighted by atomic mass is 35.5. The first kappa shape index (κ1) is 12.6. The fourth-order valence-electron chi connectivity index (χ4n) is 1.55. The Balaban J connectivity index is 1.88. The van der Waals surface area contributed by atoms with E-state index in [0.29, 0.717) is 11.6 Å². The Bertz CT molecular complexity index is 424. The van der Waals surface area contributed by atoms with Crippen molar-refractivity contribution in [3.8, 4) is 0 Å². The van der Waals surface area contributed by atoms with Crippen LogP contribution in [0, 0.1) is 5.41 Å². The van der Waals surface area contributed by atoms with Gasteiger partial charge >= 0.3 is 5.97 Å². The van der Waals surface area contributed by atoms with Crippen LogP contribution in [0.4, 0.5) is 0 Å². The van der Waals surface area contributed by atoms with Gasteiger partial charge in [-0.15, -0.1) is 11.8 Å². The van der Waals surface area contributed by atoms with Crippen molar-refractivity contribution in [3.05, 3.63) is 17.5 Å². The number of esters is 1. The monoisotopic (exact) mass is 272 g/mol.